The second kappa shape index (κ2) is 5.15. The van der Waals surface area contributed by atoms with Gasteiger partial charge in [-0.25, -0.2) is 8.42 Å². The average Bonchev–Trinajstić information content (AvgIpc) is 2.19. The SMILES string of the molecule is CCS(=O)(=O)CCCc1ccccc1. The van der Waals surface area contributed by atoms with E-state index >= 15 is 0 Å². The van der Waals surface area contributed by atoms with Crippen molar-refractivity contribution in [3.63, 3.8) is 0 Å². The Morgan fingerprint density at radius 3 is 2.36 bits per heavy atom. The minimum Gasteiger partial charge on any atom is -0.229 e. The second-order valence-electron chi connectivity index (χ2n) is 3.33. The van der Waals surface area contributed by atoms with Crippen LogP contribution in [0.5, 0.6) is 0 Å². The molecule has 2 nitrogen and oxygen atoms in total. The van der Waals surface area contributed by atoms with Gasteiger partial charge in [0.2, 0.25) is 0 Å². The van der Waals surface area contributed by atoms with Crippen LogP contribution < -0.4 is 0 Å². The largest absolute Gasteiger partial charge is 0.229 e. The second-order valence-corrected chi connectivity index (χ2v) is 5.80. The summed E-state index contributed by atoms with van der Waals surface area (Å²) in [5, 5.41) is 0. The molecule has 14 heavy (non-hydrogen) atoms. The van der Waals surface area contributed by atoms with Gasteiger partial charge in [0.1, 0.15) is 9.84 Å². The molecule has 0 N–H and O–H groups in total. The lowest BCUT2D eigenvalue weighted by Gasteiger charge is -2.01. The van der Waals surface area contributed by atoms with E-state index in [-0.39, 0.29) is 5.75 Å². The van der Waals surface area contributed by atoms with Gasteiger partial charge in [0.05, 0.1) is 5.75 Å². The van der Waals surface area contributed by atoms with Crippen LogP contribution in [0.15, 0.2) is 30.3 Å². The first kappa shape index (κ1) is 11.2. The fourth-order valence-electron chi connectivity index (χ4n) is 1.29. The minimum atomic E-state index is -2.79. The van der Waals surface area contributed by atoms with Crippen LogP contribution in [0.4, 0.5) is 0 Å². The van der Waals surface area contributed by atoms with Crippen LogP contribution in [0.2, 0.25) is 0 Å². The lowest BCUT2D eigenvalue weighted by Crippen LogP contribution is -2.09. The Hall–Kier alpha value is -0.830. The van der Waals surface area contributed by atoms with Gasteiger partial charge in [0.15, 0.2) is 0 Å². The molecule has 0 amide bonds. The Morgan fingerprint density at radius 1 is 1.14 bits per heavy atom. The van der Waals surface area contributed by atoms with Gasteiger partial charge in [-0.3, -0.25) is 0 Å². The van der Waals surface area contributed by atoms with E-state index in [0.717, 1.165) is 12.8 Å². The van der Waals surface area contributed by atoms with Crippen molar-refractivity contribution in [2.75, 3.05) is 11.5 Å². The zero-order chi connectivity index (χ0) is 10.4. The molecule has 1 aromatic rings. The first-order valence-corrected chi connectivity index (χ1v) is 6.70. The van der Waals surface area contributed by atoms with E-state index in [4.69, 9.17) is 0 Å². The van der Waals surface area contributed by atoms with Crippen LogP contribution in [0, 0.1) is 0 Å². The number of benzene rings is 1. The van der Waals surface area contributed by atoms with Crippen molar-refractivity contribution in [3.05, 3.63) is 35.9 Å². The van der Waals surface area contributed by atoms with Crippen molar-refractivity contribution >= 4 is 9.84 Å². The Bertz CT molecular complexity index is 354. The fraction of sp³-hybridized carbons (Fsp3) is 0.455. The molecule has 0 saturated carbocycles. The maximum Gasteiger partial charge on any atom is 0.150 e. The molecular weight excluding hydrogens is 196 g/mol. The Balaban J connectivity index is 2.37. The van der Waals surface area contributed by atoms with Gasteiger partial charge >= 0.3 is 0 Å². The third kappa shape index (κ3) is 3.92. The summed E-state index contributed by atoms with van der Waals surface area (Å²) in [5.74, 6) is 0.556. The van der Waals surface area contributed by atoms with Crippen molar-refractivity contribution in [1.82, 2.24) is 0 Å². The number of hydrogen-bond donors (Lipinski definition) is 0. The van der Waals surface area contributed by atoms with E-state index in [9.17, 15) is 8.42 Å². The van der Waals surface area contributed by atoms with Gasteiger partial charge in [-0.15, -0.1) is 0 Å². The minimum absolute atomic E-state index is 0.252. The lowest BCUT2D eigenvalue weighted by molar-refractivity contribution is 0.594. The van der Waals surface area contributed by atoms with Crippen molar-refractivity contribution in [1.29, 1.82) is 0 Å². The number of hydrogen-bond acceptors (Lipinski definition) is 2. The van der Waals surface area contributed by atoms with Crippen LogP contribution in [0.1, 0.15) is 18.9 Å². The fourth-order valence-corrected chi connectivity index (χ4v) is 2.16. The molecule has 0 fully saturated rings. The monoisotopic (exact) mass is 212 g/mol. The molecule has 0 aromatic heterocycles. The van der Waals surface area contributed by atoms with Gasteiger partial charge in [-0.05, 0) is 18.4 Å². The summed E-state index contributed by atoms with van der Waals surface area (Å²) >= 11 is 0. The molecule has 1 rings (SSSR count). The van der Waals surface area contributed by atoms with Crippen LogP contribution in [-0.2, 0) is 16.3 Å². The summed E-state index contributed by atoms with van der Waals surface area (Å²) in [7, 11) is -2.79. The number of aryl methyl sites for hydroxylation is 1. The molecular formula is C11H16O2S. The topological polar surface area (TPSA) is 34.1 Å². The predicted molar refractivity (Wildman–Crippen MR) is 59.1 cm³/mol. The highest BCUT2D eigenvalue weighted by Gasteiger charge is 2.06. The zero-order valence-electron chi connectivity index (χ0n) is 8.44. The first-order valence-electron chi connectivity index (χ1n) is 4.88. The summed E-state index contributed by atoms with van der Waals surface area (Å²) in [6.07, 6.45) is 1.57. The van der Waals surface area contributed by atoms with Gasteiger partial charge in [-0.2, -0.15) is 0 Å². The van der Waals surface area contributed by atoms with E-state index in [1.54, 1.807) is 6.92 Å². The molecule has 0 atom stereocenters. The Morgan fingerprint density at radius 2 is 1.79 bits per heavy atom. The molecule has 0 aliphatic carbocycles. The van der Waals surface area contributed by atoms with Crippen LogP contribution in [-0.4, -0.2) is 19.9 Å². The molecule has 0 heterocycles. The molecule has 78 valence electrons. The number of sulfone groups is 1. The molecule has 0 aliphatic rings. The maximum atomic E-state index is 11.2. The lowest BCUT2D eigenvalue weighted by atomic mass is 10.1. The molecule has 0 radical (unpaired) electrons. The number of rotatable bonds is 5. The van der Waals surface area contributed by atoms with Crippen molar-refractivity contribution in [2.24, 2.45) is 0 Å². The van der Waals surface area contributed by atoms with Gasteiger partial charge in [-0.1, -0.05) is 37.3 Å². The van der Waals surface area contributed by atoms with Gasteiger partial charge < -0.3 is 0 Å². The van der Waals surface area contributed by atoms with Gasteiger partial charge in [0, 0.05) is 5.75 Å². The maximum absolute atomic E-state index is 11.2. The highest BCUT2D eigenvalue weighted by molar-refractivity contribution is 7.91. The smallest absolute Gasteiger partial charge is 0.150 e. The average molecular weight is 212 g/mol. The van der Waals surface area contributed by atoms with E-state index in [2.05, 4.69) is 0 Å². The van der Waals surface area contributed by atoms with Crippen molar-refractivity contribution in [3.8, 4) is 0 Å². The highest BCUT2D eigenvalue weighted by atomic mass is 32.2. The first-order chi connectivity index (χ1) is 6.64. The summed E-state index contributed by atoms with van der Waals surface area (Å²) in [5.41, 5.74) is 1.21. The third-order valence-electron chi connectivity index (χ3n) is 2.20. The molecule has 0 bridgehead atoms. The molecule has 0 aliphatic heterocycles. The highest BCUT2D eigenvalue weighted by Crippen LogP contribution is 2.04. The van der Waals surface area contributed by atoms with E-state index < -0.39 is 9.84 Å². The molecule has 0 spiro atoms. The summed E-state index contributed by atoms with van der Waals surface area (Å²) in [4.78, 5) is 0. The van der Waals surface area contributed by atoms with E-state index in [1.165, 1.54) is 5.56 Å². The molecule has 0 saturated heterocycles. The Labute approximate surface area is 85.9 Å². The van der Waals surface area contributed by atoms with Crippen molar-refractivity contribution in [2.45, 2.75) is 19.8 Å². The summed E-state index contributed by atoms with van der Waals surface area (Å²) in [6, 6.07) is 9.97. The summed E-state index contributed by atoms with van der Waals surface area (Å²) < 4.78 is 22.4. The Kier molecular flexibility index (Phi) is 4.14. The normalized spacial score (nSPS) is 11.5. The van der Waals surface area contributed by atoms with Crippen LogP contribution in [0.3, 0.4) is 0 Å². The predicted octanol–water partition coefficient (Wildman–Crippen LogP) is 2.05. The summed E-state index contributed by atoms with van der Waals surface area (Å²) in [6.45, 7) is 1.69. The van der Waals surface area contributed by atoms with E-state index in [0.29, 0.717) is 5.75 Å². The third-order valence-corrected chi connectivity index (χ3v) is 3.99. The van der Waals surface area contributed by atoms with E-state index in [1.807, 2.05) is 30.3 Å². The van der Waals surface area contributed by atoms with Crippen LogP contribution >= 0.6 is 0 Å². The molecule has 3 heteroatoms. The van der Waals surface area contributed by atoms with Crippen molar-refractivity contribution < 1.29 is 8.42 Å². The van der Waals surface area contributed by atoms with Crippen LogP contribution in [0.25, 0.3) is 0 Å². The zero-order valence-corrected chi connectivity index (χ0v) is 9.26. The standard InChI is InChI=1S/C11H16O2S/c1-2-14(12,13)10-6-9-11-7-4-3-5-8-11/h3-5,7-8H,2,6,9-10H2,1H3. The molecule has 1 aromatic carbocycles. The quantitative estimate of drug-likeness (QED) is 0.748. The van der Waals surface area contributed by atoms with Gasteiger partial charge in [0.25, 0.3) is 0 Å². The molecule has 0 unspecified atom stereocenters.